The summed E-state index contributed by atoms with van der Waals surface area (Å²) in [4.78, 5) is 14.1. The van der Waals surface area contributed by atoms with Gasteiger partial charge in [0, 0.05) is 4.47 Å². The zero-order chi connectivity index (χ0) is 15.7. The minimum absolute atomic E-state index is 0.140. The van der Waals surface area contributed by atoms with Gasteiger partial charge in [-0.15, -0.1) is 0 Å². The maximum atomic E-state index is 12.6. The van der Waals surface area contributed by atoms with Gasteiger partial charge in [0.1, 0.15) is 5.70 Å². The molecule has 2 aromatic rings. The number of carbonyl (C=O) groups excluding carboxylic acids is 1. The lowest BCUT2D eigenvalue weighted by atomic mass is 10.2. The third kappa shape index (κ3) is 2.96. The fourth-order valence-electron chi connectivity index (χ4n) is 2.26. The summed E-state index contributed by atoms with van der Waals surface area (Å²) in [7, 11) is 0. The lowest BCUT2D eigenvalue weighted by molar-refractivity contribution is -0.113. The van der Waals surface area contributed by atoms with Gasteiger partial charge in [0.2, 0.25) is 0 Å². The number of halogens is 1. The number of thiocarbonyl (C=S) groups is 1. The molecule has 22 heavy (non-hydrogen) atoms. The minimum atomic E-state index is -0.140. The standard InChI is InChI=1S/C17H13BrN2OS/c1-11-3-2-4-14(9-11)20-16(21)15(19-17(20)22)10-12-5-7-13(18)8-6-12/h2-10H,1H3,(H,19,22)/b15-10+. The van der Waals surface area contributed by atoms with Gasteiger partial charge < -0.3 is 5.32 Å². The number of nitrogens with zero attached hydrogens (tertiary/aromatic N) is 1. The van der Waals surface area contributed by atoms with Crippen molar-refractivity contribution >= 4 is 50.9 Å². The second-order valence-electron chi connectivity index (χ2n) is 5.02. The van der Waals surface area contributed by atoms with Crippen LogP contribution in [-0.4, -0.2) is 11.0 Å². The molecule has 1 aliphatic heterocycles. The molecule has 0 unspecified atom stereocenters. The number of hydrogen-bond donors (Lipinski definition) is 1. The van der Waals surface area contributed by atoms with Crippen LogP contribution in [0.3, 0.4) is 0 Å². The van der Waals surface area contributed by atoms with Crippen LogP contribution < -0.4 is 10.2 Å². The van der Waals surface area contributed by atoms with Crippen LogP contribution in [0.15, 0.2) is 58.7 Å². The first-order valence-electron chi connectivity index (χ1n) is 6.74. The van der Waals surface area contributed by atoms with Gasteiger partial charge in [-0.05, 0) is 60.6 Å². The molecule has 2 aromatic carbocycles. The fraction of sp³-hybridized carbons (Fsp3) is 0.0588. The first kappa shape index (κ1) is 14.9. The molecular weight excluding hydrogens is 360 g/mol. The molecule has 0 bridgehead atoms. The molecule has 0 spiro atoms. The quantitative estimate of drug-likeness (QED) is 0.638. The molecule has 0 aromatic heterocycles. The Hall–Kier alpha value is -1.98. The first-order chi connectivity index (χ1) is 10.5. The van der Waals surface area contributed by atoms with E-state index in [4.69, 9.17) is 12.2 Å². The Morgan fingerprint density at radius 2 is 1.91 bits per heavy atom. The molecule has 0 aliphatic carbocycles. The smallest absolute Gasteiger partial charge is 0.281 e. The molecule has 0 atom stereocenters. The van der Waals surface area contributed by atoms with Gasteiger partial charge in [0.25, 0.3) is 5.91 Å². The summed E-state index contributed by atoms with van der Waals surface area (Å²) in [5.41, 5.74) is 3.28. The van der Waals surface area contributed by atoms with Crippen LogP contribution in [0, 0.1) is 6.92 Å². The predicted octanol–water partition coefficient (Wildman–Crippen LogP) is 4.02. The van der Waals surface area contributed by atoms with E-state index in [0.717, 1.165) is 21.3 Å². The highest BCUT2D eigenvalue weighted by Crippen LogP contribution is 2.23. The van der Waals surface area contributed by atoms with E-state index in [1.807, 2.05) is 55.5 Å². The largest absolute Gasteiger partial charge is 0.327 e. The van der Waals surface area contributed by atoms with Gasteiger partial charge in [-0.1, -0.05) is 40.2 Å². The number of rotatable bonds is 2. The van der Waals surface area contributed by atoms with Crippen molar-refractivity contribution in [2.24, 2.45) is 0 Å². The summed E-state index contributed by atoms with van der Waals surface area (Å²) in [5, 5.41) is 3.39. The summed E-state index contributed by atoms with van der Waals surface area (Å²) in [6.45, 7) is 1.99. The summed E-state index contributed by atoms with van der Waals surface area (Å²) < 4.78 is 0.997. The van der Waals surface area contributed by atoms with Crippen LogP contribution in [0.1, 0.15) is 11.1 Å². The molecule has 1 N–H and O–H groups in total. The molecule has 5 heteroatoms. The summed E-state index contributed by atoms with van der Waals surface area (Å²) >= 11 is 8.70. The molecule has 0 radical (unpaired) electrons. The Balaban J connectivity index is 1.93. The first-order valence-corrected chi connectivity index (χ1v) is 7.94. The van der Waals surface area contributed by atoms with Crippen LogP contribution in [0.5, 0.6) is 0 Å². The fourth-order valence-corrected chi connectivity index (χ4v) is 2.82. The van der Waals surface area contributed by atoms with E-state index in [0.29, 0.717) is 10.8 Å². The van der Waals surface area contributed by atoms with E-state index in [1.54, 1.807) is 6.08 Å². The number of anilines is 1. The average molecular weight is 373 g/mol. The number of carbonyl (C=O) groups is 1. The number of benzene rings is 2. The van der Waals surface area contributed by atoms with Crippen molar-refractivity contribution in [1.29, 1.82) is 0 Å². The monoisotopic (exact) mass is 372 g/mol. The van der Waals surface area contributed by atoms with Crippen LogP contribution >= 0.6 is 28.1 Å². The Morgan fingerprint density at radius 3 is 2.59 bits per heavy atom. The molecule has 3 nitrogen and oxygen atoms in total. The Morgan fingerprint density at radius 1 is 1.18 bits per heavy atom. The number of aryl methyl sites for hydroxylation is 1. The van der Waals surface area contributed by atoms with Crippen LogP contribution in [0.25, 0.3) is 6.08 Å². The van der Waals surface area contributed by atoms with Crippen molar-refractivity contribution in [1.82, 2.24) is 5.32 Å². The third-order valence-electron chi connectivity index (χ3n) is 3.32. The molecule has 110 valence electrons. The minimum Gasteiger partial charge on any atom is -0.327 e. The second kappa shape index (κ2) is 6.02. The Labute approximate surface area is 142 Å². The summed E-state index contributed by atoms with van der Waals surface area (Å²) in [6.07, 6.45) is 1.80. The average Bonchev–Trinajstić information content (AvgIpc) is 2.76. The van der Waals surface area contributed by atoms with Crippen molar-refractivity contribution in [3.8, 4) is 0 Å². The SMILES string of the molecule is Cc1cccc(N2C(=O)/C(=C\c3ccc(Br)cc3)NC2=S)c1. The van der Waals surface area contributed by atoms with E-state index < -0.39 is 0 Å². The Kier molecular flexibility index (Phi) is 4.09. The van der Waals surface area contributed by atoms with Crippen LogP contribution in [-0.2, 0) is 4.79 Å². The Bertz CT molecular complexity index is 784. The van der Waals surface area contributed by atoms with Crippen molar-refractivity contribution in [2.75, 3.05) is 4.90 Å². The van der Waals surface area contributed by atoms with Gasteiger partial charge in [0.15, 0.2) is 5.11 Å². The van der Waals surface area contributed by atoms with Gasteiger partial charge >= 0.3 is 0 Å². The molecule has 3 rings (SSSR count). The third-order valence-corrected chi connectivity index (χ3v) is 4.13. The van der Waals surface area contributed by atoms with E-state index in [1.165, 1.54) is 4.90 Å². The van der Waals surface area contributed by atoms with E-state index in [-0.39, 0.29) is 5.91 Å². The highest BCUT2D eigenvalue weighted by Gasteiger charge is 2.31. The number of amides is 1. The summed E-state index contributed by atoms with van der Waals surface area (Å²) in [5.74, 6) is -0.140. The lowest BCUT2D eigenvalue weighted by Crippen LogP contribution is -2.30. The second-order valence-corrected chi connectivity index (χ2v) is 6.32. The molecule has 1 saturated heterocycles. The van der Waals surface area contributed by atoms with Crippen LogP contribution in [0.4, 0.5) is 5.69 Å². The molecule has 0 saturated carbocycles. The van der Waals surface area contributed by atoms with Crippen molar-refractivity contribution < 1.29 is 4.79 Å². The number of nitrogens with one attached hydrogen (secondary N) is 1. The van der Waals surface area contributed by atoms with Crippen molar-refractivity contribution in [3.05, 3.63) is 69.8 Å². The van der Waals surface area contributed by atoms with Gasteiger partial charge in [-0.3, -0.25) is 9.69 Å². The maximum Gasteiger partial charge on any atom is 0.281 e. The normalized spacial score (nSPS) is 16.3. The zero-order valence-electron chi connectivity index (χ0n) is 11.8. The van der Waals surface area contributed by atoms with Gasteiger partial charge in [-0.2, -0.15) is 0 Å². The zero-order valence-corrected chi connectivity index (χ0v) is 14.2. The van der Waals surface area contributed by atoms with Gasteiger partial charge in [0.05, 0.1) is 5.69 Å². The van der Waals surface area contributed by atoms with Crippen molar-refractivity contribution in [3.63, 3.8) is 0 Å². The topological polar surface area (TPSA) is 32.3 Å². The highest BCUT2D eigenvalue weighted by atomic mass is 79.9. The molecule has 1 fully saturated rings. The van der Waals surface area contributed by atoms with Crippen molar-refractivity contribution in [2.45, 2.75) is 6.92 Å². The molecular formula is C17H13BrN2OS. The lowest BCUT2D eigenvalue weighted by Gasteiger charge is -2.14. The molecule has 1 amide bonds. The van der Waals surface area contributed by atoms with Gasteiger partial charge in [-0.25, -0.2) is 0 Å². The molecule has 1 heterocycles. The highest BCUT2D eigenvalue weighted by molar-refractivity contribution is 9.10. The van der Waals surface area contributed by atoms with Crippen LogP contribution in [0.2, 0.25) is 0 Å². The van der Waals surface area contributed by atoms with E-state index in [2.05, 4.69) is 21.2 Å². The number of hydrogen-bond acceptors (Lipinski definition) is 2. The molecule has 1 aliphatic rings. The maximum absolute atomic E-state index is 12.6. The predicted molar refractivity (Wildman–Crippen MR) is 96.5 cm³/mol. The van der Waals surface area contributed by atoms with E-state index in [9.17, 15) is 4.79 Å². The summed E-state index contributed by atoms with van der Waals surface area (Å²) in [6, 6.07) is 15.5. The van der Waals surface area contributed by atoms with E-state index >= 15 is 0 Å².